The van der Waals surface area contributed by atoms with E-state index in [1.165, 1.54) is 11.6 Å². The predicted molar refractivity (Wildman–Crippen MR) is 104 cm³/mol. The topological polar surface area (TPSA) is 86.3 Å². The molecule has 138 valence electrons. The number of nitrogens with one attached hydrogen (secondary N) is 1. The van der Waals surface area contributed by atoms with Crippen LogP contribution in [-0.2, 0) is 0 Å². The van der Waals surface area contributed by atoms with Gasteiger partial charge >= 0.3 is 0 Å². The van der Waals surface area contributed by atoms with E-state index in [4.69, 9.17) is 0 Å². The summed E-state index contributed by atoms with van der Waals surface area (Å²) in [6.45, 7) is 4.14. The van der Waals surface area contributed by atoms with Crippen LogP contribution in [0.25, 0.3) is 5.65 Å². The Hall–Kier alpha value is -3.40. The van der Waals surface area contributed by atoms with Crippen molar-refractivity contribution in [3.05, 3.63) is 60.0 Å². The first-order chi connectivity index (χ1) is 13.1. The number of amides is 1. The first kappa shape index (κ1) is 18.4. The Morgan fingerprint density at radius 1 is 1.26 bits per heavy atom. The van der Waals surface area contributed by atoms with Crippen molar-refractivity contribution in [3.8, 4) is 6.07 Å². The van der Waals surface area contributed by atoms with E-state index in [0.29, 0.717) is 17.1 Å². The Labute approximate surface area is 158 Å². The van der Waals surface area contributed by atoms with Gasteiger partial charge in [-0.05, 0) is 18.4 Å². The third-order valence-electron chi connectivity index (χ3n) is 4.43. The minimum absolute atomic E-state index is 0.0703. The zero-order valence-corrected chi connectivity index (χ0v) is 15.5. The maximum atomic E-state index is 11.6. The number of hydrogen-bond donors (Lipinski definition) is 1. The minimum Gasteiger partial charge on any atom is -0.370 e. The van der Waals surface area contributed by atoms with Crippen LogP contribution < -0.4 is 10.2 Å². The fourth-order valence-electron chi connectivity index (χ4n) is 2.99. The fraction of sp³-hybridized carbons (Fsp3) is 0.300. The van der Waals surface area contributed by atoms with E-state index in [0.717, 1.165) is 25.2 Å². The van der Waals surface area contributed by atoms with E-state index in [9.17, 15) is 10.1 Å². The molecule has 4 rings (SSSR count). The van der Waals surface area contributed by atoms with Crippen LogP contribution in [0.5, 0.6) is 0 Å². The van der Waals surface area contributed by atoms with Gasteiger partial charge in [-0.2, -0.15) is 5.26 Å². The zero-order valence-electron chi connectivity index (χ0n) is 15.5. The van der Waals surface area contributed by atoms with Gasteiger partial charge in [-0.1, -0.05) is 43.3 Å². The lowest BCUT2D eigenvalue weighted by atomic mass is 10.2. The first-order valence-corrected chi connectivity index (χ1v) is 8.90. The van der Waals surface area contributed by atoms with Crippen LogP contribution >= 0.6 is 0 Å². The lowest BCUT2D eigenvalue weighted by molar-refractivity contribution is 0.0953. The Morgan fingerprint density at radius 2 is 1.93 bits per heavy atom. The van der Waals surface area contributed by atoms with Gasteiger partial charge in [-0.15, -0.1) is 5.10 Å². The molecule has 1 aliphatic heterocycles. The van der Waals surface area contributed by atoms with Crippen molar-refractivity contribution in [1.29, 1.82) is 5.26 Å². The van der Waals surface area contributed by atoms with Crippen LogP contribution in [0.1, 0.15) is 29.5 Å². The molecule has 1 unspecified atom stereocenters. The van der Waals surface area contributed by atoms with Crippen molar-refractivity contribution < 1.29 is 4.79 Å². The predicted octanol–water partition coefficient (Wildman–Crippen LogP) is 2.49. The smallest absolute Gasteiger partial charge is 0.290 e. The van der Waals surface area contributed by atoms with Crippen molar-refractivity contribution in [2.75, 3.05) is 25.0 Å². The quantitative estimate of drug-likeness (QED) is 0.757. The van der Waals surface area contributed by atoms with Gasteiger partial charge in [-0.3, -0.25) is 4.79 Å². The highest BCUT2D eigenvalue weighted by Crippen LogP contribution is 2.25. The summed E-state index contributed by atoms with van der Waals surface area (Å²) in [5, 5.41) is 16.0. The molecule has 2 aromatic heterocycles. The van der Waals surface area contributed by atoms with Gasteiger partial charge in [0.2, 0.25) is 5.82 Å². The van der Waals surface area contributed by atoms with Gasteiger partial charge in [0.05, 0.1) is 17.4 Å². The summed E-state index contributed by atoms with van der Waals surface area (Å²) in [4.78, 5) is 18.0. The van der Waals surface area contributed by atoms with E-state index in [-0.39, 0.29) is 11.7 Å². The second-order valence-corrected chi connectivity index (χ2v) is 6.50. The molecule has 1 aliphatic rings. The number of hydrogen-bond acceptors (Lipinski definition) is 5. The van der Waals surface area contributed by atoms with Crippen molar-refractivity contribution in [3.63, 3.8) is 0 Å². The normalized spacial score (nSPS) is 15.7. The molecule has 7 heteroatoms. The van der Waals surface area contributed by atoms with E-state index in [2.05, 4.69) is 33.3 Å². The third-order valence-corrected chi connectivity index (χ3v) is 4.43. The summed E-state index contributed by atoms with van der Waals surface area (Å²) in [6.07, 6.45) is 2.97. The number of nitrogens with zero attached hydrogens (tertiary/aromatic N) is 5. The van der Waals surface area contributed by atoms with Gasteiger partial charge in [0, 0.05) is 20.1 Å². The largest absolute Gasteiger partial charge is 0.370 e. The monoisotopic (exact) mass is 362 g/mol. The highest BCUT2D eigenvalue weighted by Gasteiger charge is 2.21. The Bertz CT molecular complexity index is 933. The number of fused-ring (bicyclic) bond motifs is 1. The molecule has 0 spiro atoms. The van der Waals surface area contributed by atoms with Crippen molar-refractivity contribution >= 4 is 17.2 Å². The molecule has 3 heterocycles. The van der Waals surface area contributed by atoms with Crippen molar-refractivity contribution in [1.82, 2.24) is 19.9 Å². The number of carbonyl (C=O) groups is 1. The summed E-state index contributed by atoms with van der Waals surface area (Å²) in [5.74, 6) is 0.350. The van der Waals surface area contributed by atoms with E-state index in [1.807, 2.05) is 48.7 Å². The Morgan fingerprint density at radius 3 is 2.44 bits per heavy atom. The van der Waals surface area contributed by atoms with Crippen molar-refractivity contribution in [2.45, 2.75) is 13.3 Å². The van der Waals surface area contributed by atoms with Gasteiger partial charge in [0.25, 0.3) is 5.91 Å². The summed E-state index contributed by atoms with van der Waals surface area (Å²) >= 11 is 0. The molecular weight excluding hydrogens is 340 g/mol. The van der Waals surface area contributed by atoms with Gasteiger partial charge in [-0.25, -0.2) is 9.50 Å². The Kier molecular flexibility index (Phi) is 5.67. The van der Waals surface area contributed by atoms with Crippen LogP contribution in [0.2, 0.25) is 0 Å². The lowest BCUT2D eigenvalue weighted by Gasteiger charge is -2.18. The van der Waals surface area contributed by atoms with Gasteiger partial charge in [0.15, 0.2) is 5.65 Å². The minimum atomic E-state index is -0.362. The molecule has 7 nitrogen and oxygen atoms in total. The lowest BCUT2D eigenvalue weighted by Crippen LogP contribution is -2.20. The maximum Gasteiger partial charge on any atom is 0.290 e. The summed E-state index contributed by atoms with van der Waals surface area (Å²) < 4.78 is 1.52. The standard InChI is InChI=1S/C14H16N6O.C6H6/c1-9-3-4-19(7-9)11-5-10(6-15)13-17-12(14(21)16-2)18-20(13)8-11;1-2-4-6-5-3-1/h5,8-9H,3-4,7H2,1-2H3,(H,16,21);1-6H. The molecule has 0 bridgehead atoms. The fourth-order valence-corrected chi connectivity index (χ4v) is 2.99. The highest BCUT2D eigenvalue weighted by atomic mass is 16.2. The molecule has 1 fully saturated rings. The van der Waals surface area contributed by atoms with Crippen LogP contribution in [0.3, 0.4) is 0 Å². The average molecular weight is 362 g/mol. The summed E-state index contributed by atoms with van der Waals surface area (Å²) in [5.41, 5.74) is 1.78. The first-order valence-electron chi connectivity index (χ1n) is 8.90. The number of pyridine rings is 1. The Balaban J connectivity index is 0.000000299. The van der Waals surface area contributed by atoms with Gasteiger partial charge < -0.3 is 10.2 Å². The summed E-state index contributed by atoms with van der Waals surface area (Å²) in [7, 11) is 1.52. The molecule has 1 saturated heterocycles. The number of anilines is 1. The van der Waals surface area contributed by atoms with Gasteiger partial charge in [0.1, 0.15) is 6.07 Å². The van der Waals surface area contributed by atoms with E-state index < -0.39 is 0 Å². The average Bonchev–Trinajstić information content (AvgIpc) is 3.34. The molecule has 3 aromatic rings. The number of rotatable bonds is 2. The molecule has 1 atom stereocenters. The van der Waals surface area contributed by atoms with Crippen LogP contribution in [0.4, 0.5) is 5.69 Å². The molecule has 1 aromatic carbocycles. The maximum absolute atomic E-state index is 11.6. The highest BCUT2D eigenvalue weighted by molar-refractivity contribution is 5.90. The second kappa shape index (κ2) is 8.32. The number of carbonyl (C=O) groups excluding carboxylic acids is 1. The van der Waals surface area contributed by atoms with Crippen molar-refractivity contribution in [2.24, 2.45) is 5.92 Å². The molecular formula is C20H22N6O. The molecule has 1 N–H and O–H groups in total. The molecule has 0 saturated carbocycles. The molecule has 27 heavy (non-hydrogen) atoms. The SMILES string of the molecule is CNC(=O)c1nc2c(C#N)cc(N3CCC(C)C3)cn2n1.c1ccccc1. The summed E-state index contributed by atoms with van der Waals surface area (Å²) in [6, 6.07) is 15.9. The molecule has 0 radical (unpaired) electrons. The van der Waals surface area contributed by atoms with E-state index in [1.54, 1.807) is 0 Å². The number of aromatic nitrogens is 3. The van der Waals surface area contributed by atoms with Crippen LogP contribution in [-0.4, -0.2) is 40.6 Å². The zero-order chi connectivity index (χ0) is 19.2. The van der Waals surface area contributed by atoms with Crippen LogP contribution in [0, 0.1) is 17.2 Å². The van der Waals surface area contributed by atoms with Crippen LogP contribution in [0.15, 0.2) is 48.7 Å². The second-order valence-electron chi connectivity index (χ2n) is 6.50. The third kappa shape index (κ3) is 4.23. The molecule has 1 amide bonds. The van der Waals surface area contributed by atoms with E-state index >= 15 is 0 Å². The number of nitriles is 1. The molecule has 0 aliphatic carbocycles. The number of benzene rings is 1.